The van der Waals surface area contributed by atoms with Crippen LogP contribution in [0.1, 0.15) is 6.42 Å². The number of rotatable bonds is 2. The lowest BCUT2D eigenvalue weighted by atomic mass is 10.3. The standard InChI is InChI=1S/C11H10BrN3O2S/c12-10-14-15-11(18-10)13-7-2-3-8-9(6-7)17-5-1-4-16-8/h2-3,6H,1,4-5H2,(H,13,15). The van der Waals surface area contributed by atoms with Gasteiger partial charge in [-0.1, -0.05) is 11.3 Å². The SMILES string of the molecule is Brc1nnc(Nc2ccc3c(c2)OCCCO3)s1. The van der Waals surface area contributed by atoms with Crippen LogP contribution in [0.15, 0.2) is 22.1 Å². The summed E-state index contributed by atoms with van der Waals surface area (Å²) in [7, 11) is 0. The number of hydrogen-bond acceptors (Lipinski definition) is 6. The molecule has 94 valence electrons. The molecule has 0 atom stereocenters. The van der Waals surface area contributed by atoms with Crippen LogP contribution in [0.4, 0.5) is 10.8 Å². The number of nitrogens with zero attached hydrogens (tertiary/aromatic N) is 2. The third-order valence-corrected chi connectivity index (χ3v) is 3.67. The van der Waals surface area contributed by atoms with Gasteiger partial charge in [-0.2, -0.15) is 0 Å². The van der Waals surface area contributed by atoms with Gasteiger partial charge in [0.25, 0.3) is 0 Å². The Morgan fingerprint density at radius 3 is 2.78 bits per heavy atom. The Kier molecular flexibility index (Phi) is 3.33. The maximum atomic E-state index is 5.63. The molecular formula is C11H10BrN3O2S. The number of halogens is 1. The van der Waals surface area contributed by atoms with Crippen LogP contribution in [-0.4, -0.2) is 23.4 Å². The third kappa shape index (κ3) is 2.56. The van der Waals surface area contributed by atoms with E-state index in [9.17, 15) is 0 Å². The summed E-state index contributed by atoms with van der Waals surface area (Å²) in [5, 5.41) is 11.8. The van der Waals surface area contributed by atoms with E-state index < -0.39 is 0 Å². The highest BCUT2D eigenvalue weighted by Crippen LogP contribution is 2.33. The Morgan fingerprint density at radius 2 is 2.00 bits per heavy atom. The van der Waals surface area contributed by atoms with E-state index in [1.165, 1.54) is 11.3 Å². The van der Waals surface area contributed by atoms with Crippen molar-refractivity contribution >= 4 is 38.1 Å². The Hall–Kier alpha value is -1.34. The van der Waals surface area contributed by atoms with Gasteiger partial charge in [0.15, 0.2) is 15.4 Å². The summed E-state index contributed by atoms with van der Waals surface area (Å²) < 4.78 is 11.9. The average molecular weight is 328 g/mol. The molecule has 0 fully saturated rings. The molecular weight excluding hydrogens is 318 g/mol. The Balaban J connectivity index is 1.83. The number of hydrogen-bond donors (Lipinski definition) is 1. The fourth-order valence-electron chi connectivity index (χ4n) is 1.62. The summed E-state index contributed by atoms with van der Waals surface area (Å²) in [6, 6.07) is 5.75. The molecule has 0 saturated heterocycles. The minimum atomic E-state index is 0.681. The number of ether oxygens (including phenoxy) is 2. The van der Waals surface area contributed by atoms with Gasteiger partial charge < -0.3 is 14.8 Å². The van der Waals surface area contributed by atoms with Crippen LogP contribution in [0.25, 0.3) is 0 Å². The average Bonchev–Trinajstić information content (AvgIpc) is 2.64. The third-order valence-electron chi connectivity index (χ3n) is 2.40. The molecule has 1 N–H and O–H groups in total. The van der Waals surface area contributed by atoms with Crippen molar-refractivity contribution in [1.29, 1.82) is 0 Å². The van der Waals surface area contributed by atoms with E-state index in [1.807, 2.05) is 18.2 Å². The Bertz CT molecular complexity index is 561. The molecule has 1 aromatic carbocycles. The Labute approximate surface area is 116 Å². The number of aromatic nitrogens is 2. The van der Waals surface area contributed by atoms with Gasteiger partial charge in [0, 0.05) is 18.2 Å². The molecule has 0 bridgehead atoms. The van der Waals surface area contributed by atoms with E-state index in [-0.39, 0.29) is 0 Å². The van der Waals surface area contributed by atoms with Crippen LogP contribution in [0.2, 0.25) is 0 Å². The normalized spacial score (nSPS) is 14.1. The van der Waals surface area contributed by atoms with E-state index in [0.717, 1.165) is 32.7 Å². The first kappa shape index (κ1) is 11.7. The molecule has 2 aromatic rings. The van der Waals surface area contributed by atoms with Gasteiger partial charge in [0.2, 0.25) is 5.13 Å². The number of benzene rings is 1. The Morgan fingerprint density at radius 1 is 1.17 bits per heavy atom. The quantitative estimate of drug-likeness (QED) is 0.917. The van der Waals surface area contributed by atoms with Crippen LogP contribution in [0, 0.1) is 0 Å². The predicted octanol–water partition coefficient (Wildman–Crippen LogP) is 3.21. The molecule has 5 nitrogen and oxygen atoms in total. The highest BCUT2D eigenvalue weighted by atomic mass is 79.9. The predicted molar refractivity (Wildman–Crippen MR) is 72.9 cm³/mol. The van der Waals surface area contributed by atoms with E-state index in [4.69, 9.17) is 9.47 Å². The second kappa shape index (κ2) is 5.11. The summed E-state index contributed by atoms with van der Waals surface area (Å²) in [5.41, 5.74) is 0.905. The van der Waals surface area contributed by atoms with Gasteiger partial charge in [-0.25, -0.2) is 0 Å². The number of nitrogens with one attached hydrogen (secondary N) is 1. The van der Waals surface area contributed by atoms with Crippen LogP contribution < -0.4 is 14.8 Å². The van der Waals surface area contributed by atoms with E-state index in [0.29, 0.717) is 13.2 Å². The molecule has 0 saturated carbocycles. The van der Waals surface area contributed by atoms with Crippen molar-refractivity contribution in [2.45, 2.75) is 6.42 Å². The van der Waals surface area contributed by atoms with Crippen LogP contribution in [0.3, 0.4) is 0 Å². The highest BCUT2D eigenvalue weighted by Gasteiger charge is 2.11. The zero-order valence-corrected chi connectivity index (χ0v) is 11.8. The van der Waals surface area contributed by atoms with Crippen molar-refractivity contribution in [2.75, 3.05) is 18.5 Å². The van der Waals surface area contributed by atoms with Gasteiger partial charge in [0.1, 0.15) is 0 Å². The summed E-state index contributed by atoms with van der Waals surface area (Å²) in [6.45, 7) is 1.38. The van der Waals surface area contributed by atoms with Crippen molar-refractivity contribution < 1.29 is 9.47 Å². The first-order valence-electron chi connectivity index (χ1n) is 5.47. The summed E-state index contributed by atoms with van der Waals surface area (Å²) in [4.78, 5) is 0. The minimum Gasteiger partial charge on any atom is -0.490 e. The van der Waals surface area contributed by atoms with E-state index >= 15 is 0 Å². The lowest BCUT2D eigenvalue weighted by molar-refractivity contribution is 0.297. The van der Waals surface area contributed by atoms with Gasteiger partial charge in [-0.05, 0) is 28.1 Å². The molecule has 0 radical (unpaired) electrons. The van der Waals surface area contributed by atoms with E-state index in [2.05, 4.69) is 31.4 Å². The monoisotopic (exact) mass is 327 g/mol. The van der Waals surface area contributed by atoms with Crippen molar-refractivity contribution in [1.82, 2.24) is 10.2 Å². The fourth-order valence-corrected chi connectivity index (χ4v) is 2.65. The van der Waals surface area contributed by atoms with Crippen molar-refractivity contribution in [3.05, 3.63) is 22.1 Å². The van der Waals surface area contributed by atoms with Gasteiger partial charge in [0.05, 0.1) is 13.2 Å². The van der Waals surface area contributed by atoms with Crippen LogP contribution >= 0.6 is 27.3 Å². The lowest BCUT2D eigenvalue weighted by Crippen LogP contribution is -1.97. The van der Waals surface area contributed by atoms with Crippen molar-refractivity contribution in [3.63, 3.8) is 0 Å². The lowest BCUT2D eigenvalue weighted by Gasteiger charge is -2.09. The summed E-state index contributed by atoms with van der Waals surface area (Å²) in [6.07, 6.45) is 0.904. The molecule has 18 heavy (non-hydrogen) atoms. The van der Waals surface area contributed by atoms with Crippen molar-refractivity contribution in [2.24, 2.45) is 0 Å². The van der Waals surface area contributed by atoms with Gasteiger partial charge in [-0.3, -0.25) is 0 Å². The fraction of sp³-hybridized carbons (Fsp3) is 0.273. The smallest absolute Gasteiger partial charge is 0.210 e. The van der Waals surface area contributed by atoms with Crippen LogP contribution in [0.5, 0.6) is 11.5 Å². The molecule has 2 heterocycles. The van der Waals surface area contributed by atoms with Gasteiger partial charge >= 0.3 is 0 Å². The number of fused-ring (bicyclic) bond motifs is 1. The summed E-state index contributed by atoms with van der Waals surface area (Å²) >= 11 is 4.71. The largest absolute Gasteiger partial charge is 0.490 e. The van der Waals surface area contributed by atoms with Crippen molar-refractivity contribution in [3.8, 4) is 11.5 Å². The topological polar surface area (TPSA) is 56.3 Å². The maximum Gasteiger partial charge on any atom is 0.210 e. The first-order valence-corrected chi connectivity index (χ1v) is 7.08. The molecule has 0 amide bonds. The van der Waals surface area contributed by atoms with Crippen LogP contribution in [-0.2, 0) is 0 Å². The summed E-state index contributed by atoms with van der Waals surface area (Å²) in [5.74, 6) is 1.55. The molecule has 0 aliphatic carbocycles. The first-order chi connectivity index (χ1) is 8.81. The second-order valence-corrected chi connectivity index (χ2v) is 5.95. The molecule has 0 unspecified atom stereocenters. The van der Waals surface area contributed by atoms with E-state index in [1.54, 1.807) is 0 Å². The molecule has 1 aliphatic heterocycles. The molecule has 0 spiro atoms. The number of anilines is 2. The molecule has 1 aromatic heterocycles. The maximum absolute atomic E-state index is 5.63. The molecule has 7 heteroatoms. The second-order valence-electron chi connectivity index (χ2n) is 3.70. The molecule has 1 aliphatic rings. The zero-order chi connectivity index (χ0) is 12.4. The highest BCUT2D eigenvalue weighted by molar-refractivity contribution is 9.11. The van der Waals surface area contributed by atoms with Gasteiger partial charge in [-0.15, -0.1) is 10.2 Å². The minimum absolute atomic E-state index is 0.681. The zero-order valence-electron chi connectivity index (χ0n) is 9.35. The molecule has 3 rings (SSSR count).